The molecule has 2 rings (SSSR count). The van der Waals surface area contributed by atoms with Crippen molar-refractivity contribution in [2.24, 2.45) is 0 Å². The molecule has 0 aliphatic heterocycles. The minimum Gasteiger partial charge on any atom is -0.229 e. The van der Waals surface area contributed by atoms with E-state index >= 15 is 0 Å². The van der Waals surface area contributed by atoms with Gasteiger partial charge >= 0.3 is 0 Å². The third-order valence-electron chi connectivity index (χ3n) is 2.92. The molecule has 0 N–H and O–H groups in total. The minimum atomic E-state index is -3.12. The summed E-state index contributed by atoms with van der Waals surface area (Å²) < 4.78 is 22.8. The van der Waals surface area contributed by atoms with Gasteiger partial charge < -0.3 is 0 Å². The molecule has 0 aliphatic carbocycles. The van der Waals surface area contributed by atoms with Crippen LogP contribution in [-0.4, -0.2) is 20.4 Å². The number of alkyl halides is 1. The Kier molecular flexibility index (Phi) is 4.11. The first-order chi connectivity index (χ1) is 8.92. The Balaban J connectivity index is 2.57. The summed E-state index contributed by atoms with van der Waals surface area (Å²) in [7, 11) is -3.12. The molecule has 0 heterocycles. The maximum atomic E-state index is 11.8. The Hall–Kier alpha value is -1.13. The van der Waals surface area contributed by atoms with Crippen LogP contribution < -0.4 is 0 Å². The lowest BCUT2D eigenvalue weighted by atomic mass is 9.93. The van der Waals surface area contributed by atoms with Crippen LogP contribution in [-0.2, 0) is 14.2 Å². The molecule has 100 valence electrons. The monoisotopic (exact) mass is 338 g/mol. The number of hydrogen-bond acceptors (Lipinski definition) is 2. The Morgan fingerprint density at radius 3 is 1.58 bits per heavy atom. The maximum absolute atomic E-state index is 11.8. The van der Waals surface area contributed by atoms with Gasteiger partial charge in [0.25, 0.3) is 0 Å². The molecule has 0 unspecified atom stereocenters. The van der Waals surface area contributed by atoms with E-state index < -0.39 is 14.2 Å². The lowest BCUT2D eigenvalue weighted by Crippen LogP contribution is -2.29. The molecule has 0 atom stereocenters. The normalized spacial score (nSPS) is 12.3. The van der Waals surface area contributed by atoms with Crippen LogP contribution in [0.25, 0.3) is 0 Å². The largest absolute Gasteiger partial charge is 0.229 e. The highest BCUT2D eigenvalue weighted by molar-refractivity contribution is 9.09. The summed E-state index contributed by atoms with van der Waals surface area (Å²) in [5.41, 5.74) is 1.87. The van der Waals surface area contributed by atoms with Gasteiger partial charge in [-0.25, -0.2) is 8.42 Å². The molecule has 0 amide bonds. The second kappa shape index (κ2) is 5.47. The summed E-state index contributed by atoms with van der Waals surface area (Å²) in [5.74, 6) is 0.0219. The second-order valence-electron chi connectivity index (χ2n) is 4.60. The van der Waals surface area contributed by atoms with E-state index in [1.807, 2.05) is 60.7 Å². The molecule has 0 bridgehead atoms. The van der Waals surface area contributed by atoms with Gasteiger partial charge in [-0.15, -0.1) is 0 Å². The predicted octanol–water partition coefficient (Wildman–Crippen LogP) is 3.37. The van der Waals surface area contributed by atoms with Gasteiger partial charge in [-0.2, -0.15) is 0 Å². The van der Waals surface area contributed by atoms with Crippen molar-refractivity contribution in [3.63, 3.8) is 0 Å². The van der Waals surface area contributed by atoms with E-state index in [9.17, 15) is 8.42 Å². The number of halogens is 1. The Bertz CT molecular complexity index is 597. The van der Waals surface area contributed by atoms with Crippen molar-refractivity contribution in [1.29, 1.82) is 0 Å². The van der Waals surface area contributed by atoms with Crippen molar-refractivity contribution in [2.45, 2.75) is 4.32 Å². The second-order valence-corrected chi connectivity index (χ2v) is 8.10. The number of sulfone groups is 1. The average molecular weight is 339 g/mol. The van der Waals surface area contributed by atoms with Gasteiger partial charge in [-0.1, -0.05) is 76.6 Å². The fourth-order valence-corrected chi connectivity index (χ4v) is 4.93. The molecule has 4 heteroatoms. The summed E-state index contributed by atoms with van der Waals surface area (Å²) in [6.07, 6.45) is 1.26. The molecule has 0 aliphatic rings. The van der Waals surface area contributed by atoms with E-state index in [1.54, 1.807) is 0 Å². The zero-order chi connectivity index (χ0) is 13.9. The van der Waals surface area contributed by atoms with Crippen LogP contribution in [0.15, 0.2) is 60.7 Å². The maximum Gasteiger partial charge on any atom is 0.149 e. The molecule has 2 nitrogen and oxygen atoms in total. The third kappa shape index (κ3) is 3.45. The van der Waals surface area contributed by atoms with Gasteiger partial charge in [0.1, 0.15) is 9.84 Å². The molecule has 0 spiro atoms. The van der Waals surface area contributed by atoms with Gasteiger partial charge in [0.2, 0.25) is 0 Å². The highest BCUT2D eigenvalue weighted by Crippen LogP contribution is 2.39. The fraction of sp³-hybridized carbons (Fsp3) is 0.200. The molecule has 2 aromatic carbocycles. The quantitative estimate of drug-likeness (QED) is 0.801. The van der Waals surface area contributed by atoms with Crippen molar-refractivity contribution in [1.82, 2.24) is 0 Å². The average Bonchev–Trinajstić information content (AvgIpc) is 2.39. The zero-order valence-corrected chi connectivity index (χ0v) is 13.0. The highest BCUT2D eigenvalue weighted by Gasteiger charge is 2.34. The van der Waals surface area contributed by atoms with Crippen LogP contribution in [0.2, 0.25) is 0 Å². The molecule has 2 aromatic rings. The van der Waals surface area contributed by atoms with E-state index in [-0.39, 0.29) is 5.75 Å². The van der Waals surface area contributed by atoms with Crippen molar-refractivity contribution in [3.8, 4) is 0 Å². The van der Waals surface area contributed by atoms with E-state index in [1.165, 1.54) is 6.26 Å². The molecular formula is C15H15BrO2S. The van der Waals surface area contributed by atoms with Crippen LogP contribution in [0, 0.1) is 0 Å². The first kappa shape index (κ1) is 14.3. The SMILES string of the molecule is CS(=O)(=O)CC(Br)(c1ccccc1)c1ccccc1. The lowest BCUT2D eigenvalue weighted by Gasteiger charge is -2.28. The van der Waals surface area contributed by atoms with Crippen LogP contribution in [0.5, 0.6) is 0 Å². The highest BCUT2D eigenvalue weighted by atomic mass is 79.9. The van der Waals surface area contributed by atoms with Crippen LogP contribution >= 0.6 is 15.9 Å². The number of benzene rings is 2. The van der Waals surface area contributed by atoms with Crippen molar-refractivity contribution < 1.29 is 8.42 Å². The summed E-state index contributed by atoms with van der Waals surface area (Å²) in [4.78, 5) is 0. The topological polar surface area (TPSA) is 34.1 Å². The standard InChI is InChI=1S/C15H15BrO2S/c1-19(17,18)12-15(16,13-8-4-2-5-9-13)14-10-6-3-7-11-14/h2-11H,12H2,1H3. The fourth-order valence-electron chi connectivity index (χ4n) is 2.10. The molecular weight excluding hydrogens is 324 g/mol. The zero-order valence-electron chi connectivity index (χ0n) is 10.6. The first-order valence-corrected chi connectivity index (χ1v) is 8.75. The molecule has 0 aromatic heterocycles. The summed E-state index contributed by atoms with van der Waals surface area (Å²) >= 11 is 3.66. The Morgan fingerprint density at radius 2 is 1.26 bits per heavy atom. The lowest BCUT2D eigenvalue weighted by molar-refractivity contribution is 0.596. The molecule has 19 heavy (non-hydrogen) atoms. The Morgan fingerprint density at radius 1 is 0.895 bits per heavy atom. The van der Waals surface area contributed by atoms with Gasteiger partial charge in [0, 0.05) is 6.26 Å². The van der Waals surface area contributed by atoms with Gasteiger partial charge in [-0.3, -0.25) is 0 Å². The molecule has 0 saturated heterocycles. The van der Waals surface area contributed by atoms with Crippen molar-refractivity contribution >= 4 is 25.8 Å². The van der Waals surface area contributed by atoms with Crippen LogP contribution in [0.3, 0.4) is 0 Å². The van der Waals surface area contributed by atoms with E-state index in [2.05, 4.69) is 15.9 Å². The van der Waals surface area contributed by atoms with Crippen LogP contribution in [0.4, 0.5) is 0 Å². The number of hydrogen-bond donors (Lipinski definition) is 0. The smallest absolute Gasteiger partial charge is 0.149 e. The van der Waals surface area contributed by atoms with Gasteiger partial charge in [0.15, 0.2) is 0 Å². The number of rotatable bonds is 4. The minimum absolute atomic E-state index is 0.0219. The third-order valence-corrected chi connectivity index (χ3v) is 5.45. The molecule has 0 radical (unpaired) electrons. The first-order valence-electron chi connectivity index (χ1n) is 5.89. The molecule has 0 fully saturated rings. The predicted molar refractivity (Wildman–Crippen MR) is 82.3 cm³/mol. The van der Waals surface area contributed by atoms with Crippen molar-refractivity contribution in [2.75, 3.05) is 12.0 Å². The van der Waals surface area contributed by atoms with Crippen molar-refractivity contribution in [3.05, 3.63) is 71.8 Å². The molecule has 0 saturated carbocycles. The van der Waals surface area contributed by atoms with Gasteiger partial charge in [0.05, 0.1) is 10.1 Å². The summed E-state index contributed by atoms with van der Waals surface area (Å²) in [6, 6.07) is 19.2. The van der Waals surface area contributed by atoms with E-state index in [0.717, 1.165) is 11.1 Å². The Labute approximate surface area is 122 Å². The van der Waals surface area contributed by atoms with E-state index in [0.29, 0.717) is 0 Å². The van der Waals surface area contributed by atoms with E-state index in [4.69, 9.17) is 0 Å². The van der Waals surface area contributed by atoms with Crippen LogP contribution in [0.1, 0.15) is 11.1 Å². The summed E-state index contributed by atoms with van der Waals surface area (Å²) in [5, 5.41) is 0. The summed E-state index contributed by atoms with van der Waals surface area (Å²) in [6.45, 7) is 0. The van der Waals surface area contributed by atoms with Gasteiger partial charge in [-0.05, 0) is 11.1 Å².